The predicted octanol–water partition coefficient (Wildman–Crippen LogP) is 3.77. The van der Waals surface area contributed by atoms with Crippen LogP contribution < -0.4 is 5.32 Å². The summed E-state index contributed by atoms with van der Waals surface area (Å²) < 4.78 is 44.2. The lowest BCUT2D eigenvalue weighted by molar-refractivity contribution is -0.139. The number of ether oxygens (including phenoxy) is 1. The first-order valence-corrected chi connectivity index (χ1v) is 8.38. The van der Waals surface area contributed by atoms with Gasteiger partial charge in [-0.3, -0.25) is 4.90 Å². The summed E-state index contributed by atoms with van der Waals surface area (Å²) in [4.78, 5) is 26.5. The molecule has 0 spiro atoms. The zero-order valence-electron chi connectivity index (χ0n) is 14.4. The van der Waals surface area contributed by atoms with E-state index < -0.39 is 29.8 Å². The molecule has 0 saturated heterocycles. The van der Waals surface area contributed by atoms with Crippen LogP contribution in [0.5, 0.6) is 0 Å². The lowest BCUT2D eigenvalue weighted by Crippen LogP contribution is -2.48. The highest BCUT2D eigenvalue weighted by Crippen LogP contribution is 2.39. The van der Waals surface area contributed by atoms with Crippen LogP contribution in [-0.4, -0.2) is 29.5 Å². The summed E-state index contributed by atoms with van der Waals surface area (Å²) in [7, 11) is 0. The van der Waals surface area contributed by atoms with E-state index in [-0.39, 0.29) is 23.8 Å². The van der Waals surface area contributed by atoms with E-state index in [1.165, 1.54) is 17.0 Å². The molecule has 1 aromatic rings. The molecule has 8 heteroatoms. The summed E-state index contributed by atoms with van der Waals surface area (Å²) in [6.45, 7) is 3.40. The van der Waals surface area contributed by atoms with Gasteiger partial charge in [0.25, 0.3) is 0 Å². The van der Waals surface area contributed by atoms with Crippen LogP contribution in [0.1, 0.15) is 43.9 Å². The van der Waals surface area contributed by atoms with Crippen molar-refractivity contribution in [3.63, 3.8) is 0 Å². The molecule has 1 atom stereocenters. The van der Waals surface area contributed by atoms with E-state index in [1.807, 2.05) is 0 Å². The standard InChI is InChI=1S/C18H19F3N2O3/c1-3-26-16(24)14-10(2)23(13-7-8-13)17(25)22-15(14)11-5-4-6-12(9-11)18(19,20)21/h4-6,9,13,15H,3,7-8H2,1-2H3,(H,22,25)/t15-/m1/s1. The van der Waals surface area contributed by atoms with E-state index >= 15 is 0 Å². The molecule has 140 valence electrons. The van der Waals surface area contributed by atoms with Crippen LogP contribution >= 0.6 is 0 Å². The van der Waals surface area contributed by atoms with Crippen LogP contribution in [0.15, 0.2) is 35.5 Å². The van der Waals surface area contributed by atoms with E-state index in [0.717, 1.165) is 25.0 Å². The first kappa shape index (κ1) is 18.3. The Morgan fingerprint density at radius 2 is 2.04 bits per heavy atom. The molecule has 3 rings (SSSR count). The van der Waals surface area contributed by atoms with Gasteiger partial charge in [-0.2, -0.15) is 13.2 Å². The molecule has 0 aromatic heterocycles. The third kappa shape index (κ3) is 3.40. The number of rotatable bonds is 4. The molecule has 5 nitrogen and oxygen atoms in total. The number of nitrogens with one attached hydrogen (secondary N) is 1. The fraction of sp³-hybridized carbons (Fsp3) is 0.444. The van der Waals surface area contributed by atoms with Crippen LogP contribution in [0, 0.1) is 0 Å². The maximum absolute atomic E-state index is 13.0. The Hall–Kier alpha value is -2.51. The van der Waals surface area contributed by atoms with Gasteiger partial charge in [-0.25, -0.2) is 9.59 Å². The monoisotopic (exact) mass is 368 g/mol. The van der Waals surface area contributed by atoms with Crippen LogP contribution in [-0.2, 0) is 15.7 Å². The molecule has 1 aliphatic heterocycles. The predicted molar refractivity (Wildman–Crippen MR) is 86.9 cm³/mol. The lowest BCUT2D eigenvalue weighted by Gasteiger charge is -2.35. The first-order chi connectivity index (χ1) is 12.2. The Morgan fingerprint density at radius 3 is 2.62 bits per heavy atom. The number of hydrogen-bond donors (Lipinski definition) is 1. The van der Waals surface area contributed by atoms with Gasteiger partial charge in [0.1, 0.15) is 0 Å². The molecule has 1 N–H and O–H groups in total. The molecule has 0 bridgehead atoms. The third-order valence-corrected chi connectivity index (χ3v) is 4.48. The minimum atomic E-state index is -4.52. The summed E-state index contributed by atoms with van der Waals surface area (Å²) in [5.41, 5.74) is -0.0597. The molecule has 2 aliphatic rings. The second kappa shape index (κ2) is 6.66. The number of nitrogens with zero attached hydrogens (tertiary/aromatic N) is 1. The second-order valence-electron chi connectivity index (χ2n) is 6.33. The number of hydrogen-bond acceptors (Lipinski definition) is 3. The fourth-order valence-electron chi connectivity index (χ4n) is 3.15. The van der Waals surface area contributed by atoms with Crippen LogP contribution in [0.2, 0.25) is 0 Å². The summed E-state index contributed by atoms with van der Waals surface area (Å²) in [6, 6.07) is 3.23. The number of benzene rings is 1. The highest BCUT2D eigenvalue weighted by atomic mass is 19.4. The number of halogens is 3. The molecule has 1 heterocycles. The van der Waals surface area contributed by atoms with E-state index in [2.05, 4.69) is 5.32 Å². The van der Waals surface area contributed by atoms with E-state index in [9.17, 15) is 22.8 Å². The van der Waals surface area contributed by atoms with Gasteiger partial charge in [0, 0.05) is 11.7 Å². The van der Waals surface area contributed by atoms with Crippen molar-refractivity contribution in [1.29, 1.82) is 0 Å². The lowest BCUT2D eigenvalue weighted by atomic mass is 9.93. The Morgan fingerprint density at radius 1 is 1.35 bits per heavy atom. The summed E-state index contributed by atoms with van der Waals surface area (Å²) >= 11 is 0. The Balaban J connectivity index is 2.07. The topological polar surface area (TPSA) is 58.6 Å². The Bertz CT molecular complexity index is 769. The number of alkyl halides is 3. The Kier molecular flexibility index (Phi) is 4.68. The number of urea groups is 1. The normalized spacial score (nSPS) is 20.9. The number of esters is 1. The van der Waals surface area contributed by atoms with E-state index in [4.69, 9.17) is 4.74 Å². The average Bonchev–Trinajstić information content (AvgIpc) is 3.38. The highest BCUT2D eigenvalue weighted by Gasteiger charge is 2.43. The molecule has 1 aromatic carbocycles. The van der Waals surface area contributed by atoms with Crippen molar-refractivity contribution in [2.75, 3.05) is 6.61 Å². The summed E-state index contributed by atoms with van der Waals surface area (Å²) in [5, 5.41) is 2.66. The smallest absolute Gasteiger partial charge is 0.416 e. The van der Waals surface area contributed by atoms with Crippen molar-refractivity contribution < 1.29 is 27.5 Å². The largest absolute Gasteiger partial charge is 0.463 e. The fourth-order valence-corrected chi connectivity index (χ4v) is 3.15. The molecular formula is C18H19F3N2O3. The molecule has 0 unspecified atom stereocenters. The molecular weight excluding hydrogens is 349 g/mol. The zero-order valence-corrected chi connectivity index (χ0v) is 14.4. The van der Waals surface area contributed by atoms with Crippen molar-refractivity contribution in [1.82, 2.24) is 10.2 Å². The van der Waals surface area contributed by atoms with Crippen LogP contribution in [0.4, 0.5) is 18.0 Å². The number of allylic oxidation sites excluding steroid dienone is 1. The third-order valence-electron chi connectivity index (χ3n) is 4.48. The van der Waals surface area contributed by atoms with Crippen LogP contribution in [0.3, 0.4) is 0 Å². The summed E-state index contributed by atoms with van der Waals surface area (Å²) in [5.74, 6) is -0.641. The second-order valence-corrected chi connectivity index (χ2v) is 6.33. The van der Waals surface area contributed by atoms with Crippen molar-refractivity contribution in [3.8, 4) is 0 Å². The van der Waals surface area contributed by atoms with E-state index in [0.29, 0.717) is 5.70 Å². The van der Waals surface area contributed by atoms with Gasteiger partial charge in [-0.05, 0) is 44.4 Å². The van der Waals surface area contributed by atoms with E-state index in [1.54, 1.807) is 13.8 Å². The quantitative estimate of drug-likeness (QED) is 0.823. The SMILES string of the molecule is CCOC(=O)C1=C(C)N(C2CC2)C(=O)N[C@@H]1c1cccc(C(F)(F)F)c1. The maximum atomic E-state index is 13.0. The maximum Gasteiger partial charge on any atom is 0.416 e. The van der Waals surface area contributed by atoms with Gasteiger partial charge in [0.15, 0.2) is 0 Å². The van der Waals surface area contributed by atoms with Crippen molar-refractivity contribution >= 4 is 12.0 Å². The average molecular weight is 368 g/mol. The zero-order chi connectivity index (χ0) is 19.1. The summed E-state index contributed by atoms with van der Waals surface area (Å²) in [6.07, 6.45) is -2.86. The van der Waals surface area contributed by atoms with Gasteiger partial charge in [-0.15, -0.1) is 0 Å². The number of amides is 2. The minimum absolute atomic E-state index is 0.0156. The van der Waals surface area contributed by atoms with Crippen molar-refractivity contribution in [2.24, 2.45) is 0 Å². The first-order valence-electron chi connectivity index (χ1n) is 8.38. The molecule has 2 amide bonds. The Labute approximate surface area is 148 Å². The molecule has 1 fully saturated rings. The van der Waals surface area contributed by atoms with Gasteiger partial charge in [-0.1, -0.05) is 12.1 Å². The van der Waals surface area contributed by atoms with Crippen molar-refractivity contribution in [3.05, 3.63) is 46.7 Å². The minimum Gasteiger partial charge on any atom is -0.463 e. The molecule has 1 saturated carbocycles. The van der Waals surface area contributed by atoms with Crippen molar-refractivity contribution in [2.45, 2.75) is 44.9 Å². The van der Waals surface area contributed by atoms with Crippen LogP contribution in [0.25, 0.3) is 0 Å². The number of carbonyl (C=O) groups excluding carboxylic acids is 2. The molecule has 0 radical (unpaired) electrons. The van der Waals surface area contributed by atoms with Gasteiger partial charge in [0.2, 0.25) is 0 Å². The number of carbonyl (C=O) groups is 2. The van der Waals surface area contributed by atoms with Gasteiger partial charge in [0.05, 0.1) is 23.8 Å². The van der Waals surface area contributed by atoms with Gasteiger partial charge < -0.3 is 10.1 Å². The molecule has 1 aliphatic carbocycles. The highest BCUT2D eigenvalue weighted by molar-refractivity contribution is 5.95. The molecule has 26 heavy (non-hydrogen) atoms. The van der Waals surface area contributed by atoms with Gasteiger partial charge >= 0.3 is 18.2 Å².